The molecule has 0 spiro atoms. The molecule has 0 unspecified atom stereocenters. The Kier molecular flexibility index (Phi) is 6.11. The van der Waals surface area contributed by atoms with Crippen molar-refractivity contribution in [1.82, 2.24) is 9.88 Å². The van der Waals surface area contributed by atoms with Crippen LogP contribution in [0.25, 0.3) is 0 Å². The van der Waals surface area contributed by atoms with Crippen LogP contribution in [-0.4, -0.2) is 46.7 Å². The van der Waals surface area contributed by atoms with Crippen LogP contribution in [0.1, 0.15) is 81.2 Å². The van der Waals surface area contributed by atoms with Gasteiger partial charge in [-0.3, -0.25) is 10.2 Å². The molecule has 0 aliphatic carbocycles. The van der Waals surface area contributed by atoms with Gasteiger partial charge in [-0.25, -0.2) is 4.98 Å². The Balaban J connectivity index is 1.91. The molecule has 0 radical (unpaired) electrons. The van der Waals surface area contributed by atoms with Crippen LogP contribution < -0.4 is 4.90 Å². The van der Waals surface area contributed by atoms with E-state index in [4.69, 9.17) is 5.41 Å². The molecule has 0 fully saturated rings. The lowest BCUT2D eigenvalue weighted by atomic mass is 9.78. The number of fused-ring (bicyclic) bond motifs is 1. The van der Waals surface area contributed by atoms with Crippen LogP contribution in [0.3, 0.4) is 0 Å². The third-order valence-electron chi connectivity index (χ3n) is 6.11. The number of nitrogens with zero attached hydrogens (tertiary/aromatic N) is 3. The number of Topliss-reactive ketones (excluding diaryl/α,β-unsaturated/α-hetero) is 1. The summed E-state index contributed by atoms with van der Waals surface area (Å²) in [5.74, 6) is 1.31. The van der Waals surface area contributed by atoms with Crippen molar-refractivity contribution in [3.8, 4) is 5.75 Å². The van der Waals surface area contributed by atoms with Gasteiger partial charge in [0.2, 0.25) is 0 Å². The summed E-state index contributed by atoms with van der Waals surface area (Å²) in [6, 6.07) is 7.59. The van der Waals surface area contributed by atoms with E-state index >= 15 is 0 Å². The van der Waals surface area contributed by atoms with Crippen molar-refractivity contribution in [3.05, 3.63) is 52.2 Å². The van der Waals surface area contributed by atoms with Crippen molar-refractivity contribution < 1.29 is 9.90 Å². The van der Waals surface area contributed by atoms with Gasteiger partial charge in [-0.1, -0.05) is 47.6 Å². The Morgan fingerprint density at radius 3 is 2.19 bits per heavy atom. The number of pyridine rings is 1. The normalized spacial score (nSPS) is 14.0. The third-order valence-corrected chi connectivity index (χ3v) is 6.11. The number of ketones is 1. The summed E-state index contributed by atoms with van der Waals surface area (Å²) in [6.07, 6.45) is 0. The molecule has 0 bridgehead atoms. The van der Waals surface area contributed by atoms with Crippen LogP contribution in [0, 0.1) is 5.41 Å². The molecule has 32 heavy (non-hydrogen) atoms. The molecule has 2 aromatic rings. The van der Waals surface area contributed by atoms with Crippen molar-refractivity contribution >= 4 is 17.4 Å². The van der Waals surface area contributed by atoms with Crippen molar-refractivity contribution in [1.29, 1.82) is 5.41 Å². The average molecular weight is 437 g/mol. The number of anilines is 1. The van der Waals surface area contributed by atoms with E-state index in [1.165, 1.54) is 0 Å². The van der Waals surface area contributed by atoms with Gasteiger partial charge in [0.05, 0.1) is 6.54 Å². The lowest BCUT2D eigenvalue weighted by molar-refractivity contribution is 0.0962. The number of aromatic hydroxyl groups is 1. The Bertz CT molecular complexity index is 1030. The fourth-order valence-corrected chi connectivity index (χ4v) is 3.96. The Labute approximate surface area is 191 Å². The summed E-state index contributed by atoms with van der Waals surface area (Å²) in [5.41, 5.74) is 3.11. The number of phenolic OH excluding ortho intramolecular Hbond substituents is 1. The van der Waals surface area contributed by atoms with E-state index in [1.54, 1.807) is 4.90 Å². The smallest absolute Gasteiger partial charge is 0.182 e. The monoisotopic (exact) mass is 436 g/mol. The molecule has 6 nitrogen and oxygen atoms in total. The predicted octanol–water partition coefficient (Wildman–Crippen LogP) is 4.86. The highest BCUT2D eigenvalue weighted by molar-refractivity contribution is 6.04. The van der Waals surface area contributed by atoms with Gasteiger partial charge in [0.25, 0.3) is 0 Å². The highest BCUT2D eigenvalue weighted by Gasteiger charge is 2.31. The minimum Gasteiger partial charge on any atom is -0.507 e. The zero-order chi connectivity index (χ0) is 24.0. The number of hydrogen-bond acceptors (Lipinski definition) is 5. The van der Waals surface area contributed by atoms with E-state index in [0.29, 0.717) is 17.8 Å². The van der Waals surface area contributed by atoms with Crippen molar-refractivity contribution in [2.24, 2.45) is 0 Å². The lowest BCUT2D eigenvalue weighted by Gasteiger charge is -2.28. The summed E-state index contributed by atoms with van der Waals surface area (Å²) in [5, 5.41) is 19.5. The van der Waals surface area contributed by atoms with Gasteiger partial charge in [0.15, 0.2) is 5.78 Å². The first-order valence-electron chi connectivity index (χ1n) is 11.2. The molecule has 0 saturated heterocycles. The van der Waals surface area contributed by atoms with Gasteiger partial charge in [0, 0.05) is 42.4 Å². The van der Waals surface area contributed by atoms with Gasteiger partial charge in [-0.2, -0.15) is 0 Å². The molecule has 0 atom stereocenters. The molecular formula is C26H36N4O2. The van der Waals surface area contributed by atoms with Crippen LogP contribution in [0.2, 0.25) is 0 Å². The van der Waals surface area contributed by atoms with E-state index in [2.05, 4.69) is 11.9 Å². The average Bonchev–Trinajstić information content (AvgIpc) is 3.00. The van der Waals surface area contributed by atoms with Crippen LogP contribution in [-0.2, 0) is 17.4 Å². The van der Waals surface area contributed by atoms with Crippen molar-refractivity contribution in [3.63, 3.8) is 0 Å². The maximum absolute atomic E-state index is 13.3. The number of amidine groups is 1. The lowest BCUT2D eigenvalue weighted by Crippen LogP contribution is -2.31. The van der Waals surface area contributed by atoms with E-state index in [1.807, 2.05) is 77.8 Å². The number of phenols is 1. The molecule has 1 aliphatic rings. The topological polar surface area (TPSA) is 80.5 Å². The standard InChI is InChI=1S/C26H36N4O2/c1-9-29(8)21-11-10-16-14-30(24(27)22(16)28-21)15-20(31)17-12-18(25(2,3)4)23(32)19(13-17)26(5,6)7/h10-13,27,32H,9,14-15H2,1-8H3. The van der Waals surface area contributed by atoms with Gasteiger partial charge < -0.3 is 14.9 Å². The predicted molar refractivity (Wildman–Crippen MR) is 130 cm³/mol. The maximum Gasteiger partial charge on any atom is 0.182 e. The first kappa shape index (κ1) is 23.8. The first-order valence-corrected chi connectivity index (χ1v) is 11.2. The summed E-state index contributed by atoms with van der Waals surface area (Å²) in [4.78, 5) is 21.8. The maximum atomic E-state index is 13.3. The molecule has 0 saturated carbocycles. The number of rotatable bonds is 5. The SMILES string of the molecule is CCN(C)c1ccc2c(n1)C(=N)N(CC(=O)c1cc(C(C)(C)C)c(O)c(C(C)(C)C)c1)C2. The fraction of sp³-hybridized carbons (Fsp3) is 0.500. The van der Waals surface area contributed by atoms with Crippen LogP contribution in [0.4, 0.5) is 5.82 Å². The summed E-state index contributed by atoms with van der Waals surface area (Å²) in [6.45, 7) is 15.7. The molecule has 3 rings (SSSR count). The van der Waals surface area contributed by atoms with Gasteiger partial charge in [-0.05, 0) is 36.0 Å². The van der Waals surface area contributed by atoms with Gasteiger partial charge in [0.1, 0.15) is 23.1 Å². The number of benzene rings is 1. The second-order valence-electron chi connectivity index (χ2n) is 10.7. The van der Waals surface area contributed by atoms with E-state index in [0.717, 1.165) is 29.1 Å². The largest absolute Gasteiger partial charge is 0.507 e. The number of aromatic nitrogens is 1. The molecule has 2 heterocycles. The Morgan fingerprint density at radius 2 is 1.69 bits per heavy atom. The summed E-state index contributed by atoms with van der Waals surface area (Å²) in [7, 11) is 1.97. The molecular weight excluding hydrogens is 400 g/mol. The zero-order valence-corrected chi connectivity index (χ0v) is 20.6. The Morgan fingerprint density at radius 1 is 1.12 bits per heavy atom. The molecule has 1 aliphatic heterocycles. The molecule has 6 heteroatoms. The van der Waals surface area contributed by atoms with E-state index in [9.17, 15) is 9.90 Å². The number of nitrogens with one attached hydrogen (secondary N) is 1. The minimum atomic E-state index is -0.303. The summed E-state index contributed by atoms with van der Waals surface area (Å²) >= 11 is 0. The van der Waals surface area contributed by atoms with Crippen LogP contribution in [0.5, 0.6) is 5.75 Å². The fourth-order valence-electron chi connectivity index (χ4n) is 3.96. The first-order chi connectivity index (χ1) is 14.7. The van der Waals surface area contributed by atoms with Crippen LogP contribution in [0.15, 0.2) is 24.3 Å². The quantitative estimate of drug-likeness (QED) is 0.654. The number of carbonyl (C=O) groups is 1. The molecule has 172 valence electrons. The van der Waals surface area contributed by atoms with E-state index in [-0.39, 0.29) is 34.7 Å². The second-order valence-corrected chi connectivity index (χ2v) is 10.7. The minimum absolute atomic E-state index is 0.0653. The van der Waals surface area contributed by atoms with Gasteiger partial charge in [-0.15, -0.1) is 0 Å². The van der Waals surface area contributed by atoms with Gasteiger partial charge >= 0.3 is 0 Å². The molecule has 2 N–H and O–H groups in total. The molecule has 1 aromatic heterocycles. The summed E-state index contributed by atoms with van der Waals surface area (Å²) < 4.78 is 0. The third kappa shape index (κ3) is 4.50. The van der Waals surface area contributed by atoms with Crippen molar-refractivity contribution in [2.75, 3.05) is 25.0 Å². The Hall–Kier alpha value is -2.89. The second kappa shape index (κ2) is 8.23. The van der Waals surface area contributed by atoms with Crippen LogP contribution >= 0.6 is 0 Å². The zero-order valence-electron chi connectivity index (χ0n) is 20.6. The van der Waals surface area contributed by atoms with E-state index < -0.39 is 0 Å². The number of hydrogen-bond donors (Lipinski definition) is 2. The van der Waals surface area contributed by atoms with Crippen molar-refractivity contribution in [2.45, 2.75) is 65.8 Å². The highest BCUT2D eigenvalue weighted by atomic mass is 16.3. The number of carbonyl (C=O) groups excluding carboxylic acids is 1. The molecule has 0 amide bonds. The molecule has 1 aromatic carbocycles. The highest BCUT2D eigenvalue weighted by Crippen LogP contribution is 2.40.